The van der Waals surface area contributed by atoms with E-state index in [2.05, 4.69) is 20.7 Å². The summed E-state index contributed by atoms with van der Waals surface area (Å²) in [4.78, 5) is 15.9. The van der Waals surface area contributed by atoms with Crippen LogP contribution >= 0.6 is 11.8 Å². The molecule has 0 aliphatic carbocycles. The van der Waals surface area contributed by atoms with Crippen molar-refractivity contribution in [3.63, 3.8) is 0 Å². The van der Waals surface area contributed by atoms with Gasteiger partial charge in [-0.05, 0) is 13.3 Å². The topological polar surface area (TPSA) is 91.3 Å². The van der Waals surface area contributed by atoms with Crippen molar-refractivity contribution in [2.45, 2.75) is 5.03 Å². The zero-order valence-electron chi connectivity index (χ0n) is 9.26. The molecule has 2 heterocycles. The zero-order chi connectivity index (χ0) is 12.4. The number of nitrogens with zero attached hydrogens (tertiary/aromatic N) is 3. The number of thioether (sulfide) groups is 1. The molecule has 1 unspecified atom stereocenters. The minimum absolute atomic E-state index is 0.264. The molecule has 1 aliphatic heterocycles. The van der Waals surface area contributed by atoms with Gasteiger partial charge in [0, 0.05) is 0 Å². The highest BCUT2D eigenvalue weighted by atomic mass is 32.2. The number of imidazole rings is 1. The van der Waals surface area contributed by atoms with Gasteiger partial charge in [-0.15, -0.1) is 17.3 Å². The van der Waals surface area contributed by atoms with Crippen LogP contribution in [0, 0.1) is 0 Å². The summed E-state index contributed by atoms with van der Waals surface area (Å²) >= 11 is 1.50. The molecule has 10 heteroatoms. The fourth-order valence-corrected chi connectivity index (χ4v) is 2.43. The van der Waals surface area contributed by atoms with Crippen LogP contribution in [0.3, 0.4) is 0 Å². The van der Waals surface area contributed by atoms with E-state index < -0.39 is 11.0 Å². The van der Waals surface area contributed by atoms with Crippen LogP contribution in [0.5, 0.6) is 0 Å². The smallest absolute Gasteiger partial charge is 0.286 e. The van der Waals surface area contributed by atoms with E-state index in [9.17, 15) is 9.00 Å². The van der Waals surface area contributed by atoms with Gasteiger partial charge in [0.15, 0.2) is 10.8 Å². The number of amides is 1. The predicted molar refractivity (Wildman–Crippen MR) is 65.5 cm³/mol. The molecule has 8 nitrogen and oxygen atoms in total. The molecule has 1 amide bonds. The first-order valence-corrected chi connectivity index (χ1v) is 7.22. The molecular weight excluding hydrogens is 264 g/mol. The van der Waals surface area contributed by atoms with E-state index in [1.54, 1.807) is 7.05 Å². The number of rotatable bonds is 4. The SMILES string of the molecule is CNS(=O)c1ncn2c1NNN(CSC)C2=O. The number of hydrazine groups is 2. The molecule has 17 heavy (non-hydrogen) atoms. The lowest BCUT2D eigenvalue weighted by Crippen LogP contribution is -2.52. The molecule has 0 saturated carbocycles. The van der Waals surface area contributed by atoms with Gasteiger partial charge in [0.25, 0.3) is 0 Å². The standard InChI is InChI=1S/C7H12N6O2S2/c1-8-17(15)6-5-10-11-13(4-16-2)7(14)12(5)3-9-6/h3,8,10-11H,4H2,1-2H3. The average Bonchev–Trinajstić information content (AvgIpc) is 2.76. The minimum atomic E-state index is -1.44. The quantitative estimate of drug-likeness (QED) is 0.690. The number of anilines is 1. The van der Waals surface area contributed by atoms with E-state index in [4.69, 9.17) is 0 Å². The molecule has 1 aliphatic rings. The fraction of sp³-hybridized carbons (Fsp3) is 0.429. The summed E-state index contributed by atoms with van der Waals surface area (Å²) in [6.07, 6.45) is 3.24. The molecule has 0 fully saturated rings. The van der Waals surface area contributed by atoms with E-state index in [0.717, 1.165) is 0 Å². The molecular formula is C7H12N6O2S2. The second kappa shape index (κ2) is 5.04. The van der Waals surface area contributed by atoms with Crippen LogP contribution < -0.4 is 15.7 Å². The summed E-state index contributed by atoms with van der Waals surface area (Å²) in [5.74, 6) is 0.883. The molecule has 0 saturated heterocycles. The van der Waals surface area contributed by atoms with Gasteiger partial charge in [-0.25, -0.2) is 28.3 Å². The largest absolute Gasteiger partial charge is 0.347 e. The monoisotopic (exact) mass is 276 g/mol. The molecule has 94 valence electrons. The van der Waals surface area contributed by atoms with Gasteiger partial charge in [0.2, 0.25) is 0 Å². The zero-order valence-corrected chi connectivity index (χ0v) is 10.9. The van der Waals surface area contributed by atoms with Gasteiger partial charge in [-0.1, -0.05) is 0 Å². The summed E-state index contributed by atoms with van der Waals surface area (Å²) < 4.78 is 15.5. The molecule has 1 aromatic heterocycles. The van der Waals surface area contributed by atoms with Crippen LogP contribution in [-0.4, -0.2) is 44.0 Å². The molecule has 1 aromatic rings. The first kappa shape index (κ1) is 12.4. The van der Waals surface area contributed by atoms with Gasteiger partial charge in [-0.2, -0.15) is 0 Å². The van der Waals surface area contributed by atoms with Crippen molar-refractivity contribution in [1.29, 1.82) is 0 Å². The highest BCUT2D eigenvalue weighted by Gasteiger charge is 2.27. The third-order valence-electron chi connectivity index (χ3n) is 2.10. The molecule has 0 spiro atoms. The number of nitrogens with one attached hydrogen (secondary N) is 3. The maximum Gasteiger partial charge on any atom is 0.347 e. The summed E-state index contributed by atoms with van der Waals surface area (Å²) in [5, 5.41) is 1.68. The molecule has 0 radical (unpaired) electrons. The molecule has 2 rings (SSSR count). The lowest BCUT2D eigenvalue weighted by atomic mass is 10.7. The first-order valence-electron chi connectivity index (χ1n) is 4.68. The van der Waals surface area contributed by atoms with Crippen molar-refractivity contribution >= 4 is 34.6 Å². The summed E-state index contributed by atoms with van der Waals surface area (Å²) in [7, 11) is 0.117. The Morgan fingerprint density at radius 1 is 1.65 bits per heavy atom. The normalized spacial score (nSPS) is 16.6. The van der Waals surface area contributed by atoms with Crippen LogP contribution in [0.1, 0.15) is 0 Å². The predicted octanol–water partition coefficient (Wildman–Crippen LogP) is -0.439. The van der Waals surface area contributed by atoms with Crippen molar-refractivity contribution < 1.29 is 9.00 Å². The highest BCUT2D eigenvalue weighted by molar-refractivity contribution is 7.98. The Bertz CT molecular complexity index is 461. The van der Waals surface area contributed by atoms with Gasteiger partial charge < -0.3 is 0 Å². The van der Waals surface area contributed by atoms with Gasteiger partial charge >= 0.3 is 6.03 Å². The van der Waals surface area contributed by atoms with Crippen LogP contribution in [0.25, 0.3) is 0 Å². The third-order valence-corrected chi connectivity index (χ3v) is 3.64. The van der Waals surface area contributed by atoms with E-state index >= 15 is 0 Å². The summed E-state index contributed by atoms with van der Waals surface area (Å²) in [6, 6.07) is -0.264. The Morgan fingerprint density at radius 2 is 2.41 bits per heavy atom. The molecule has 1 atom stereocenters. The molecule has 0 aromatic carbocycles. The van der Waals surface area contributed by atoms with Crippen LogP contribution in [0.2, 0.25) is 0 Å². The van der Waals surface area contributed by atoms with E-state index in [1.807, 2.05) is 6.26 Å². The number of hydrogen-bond donors (Lipinski definition) is 3. The van der Waals surface area contributed by atoms with Crippen LogP contribution in [0.15, 0.2) is 11.4 Å². The van der Waals surface area contributed by atoms with Crippen molar-refractivity contribution in [3.8, 4) is 0 Å². The first-order chi connectivity index (χ1) is 8.19. The lowest BCUT2D eigenvalue weighted by Gasteiger charge is -2.28. The third kappa shape index (κ3) is 2.16. The number of carbonyl (C=O) groups is 1. The van der Waals surface area contributed by atoms with Crippen LogP contribution in [-0.2, 0) is 11.0 Å². The van der Waals surface area contributed by atoms with Crippen molar-refractivity contribution in [1.82, 2.24) is 24.8 Å². The van der Waals surface area contributed by atoms with E-state index in [0.29, 0.717) is 11.7 Å². The van der Waals surface area contributed by atoms with Crippen molar-refractivity contribution in [2.24, 2.45) is 0 Å². The number of hydrogen-bond acceptors (Lipinski definition) is 6. The van der Waals surface area contributed by atoms with Gasteiger partial charge in [-0.3, -0.25) is 5.43 Å². The second-order valence-corrected chi connectivity index (χ2v) is 5.27. The average molecular weight is 276 g/mol. The Hall–Kier alpha value is -1.10. The van der Waals surface area contributed by atoms with E-state index in [1.165, 1.54) is 27.7 Å². The number of carbonyl (C=O) groups excluding carboxylic acids is 1. The fourth-order valence-electron chi connectivity index (χ4n) is 1.34. The van der Waals surface area contributed by atoms with Crippen molar-refractivity contribution in [3.05, 3.63) is 6.33 Å². The Balaban J connectivity index is 2.30. The second-order valence-electron chi connectivity index (χ2n) is 3.11. The maximum atomic E-state index is 11.9. The van der Waals surface area contributed by atoms with Crippen molar-refractivity contribution in [2.75, 3.05) is 24.6 Å². The van der Waals surface area contributed by atoms with E-state index in [-0.39, 0.29) is 11.1 Å². The van der Waals surface area contributed by atoms with Crippen LogP contribution in [0.4, 0.5) is 10.6 Å². The van der Waals surface area contributed by atoms with Gasteiger partial charge in [0.05, 0.1) is 5.88 Å². The lowest BCUT2D eigenvalue weighted by molar-refractivity contribution is 0.185. The number of aromatic nitrogens is 2. The highest BCUT2D eigenvalue weighted by Crippen LogP contribution is 2.20. The van der Waals surface area contributed by atoms with Gasteiger partial charge in [0.1, 0.15) is 17.3 Å². The Morgan fingerprint density at radius 3 is 3.06 bits per heavy atom. The summed E-state index contributed by atoms with van der Waals surface area (Å²) in [5.41, 5.74) is 5.52. The number of fused-ring (bicyclic) bond motifs is 1. The minimum Gasteiger partial charge on any atom is -0.286 e. The Labute approximate surface area is 105 Å². The molecule has 0 bridgehead atoms. The molecule has 3 N–H and O–H groups in total. The Kier molecular flexibility index (Phi) is 3.66. The summed E-state index contributed by atoms with van der Waals surface area (Å²) in [6.45, 7) is 0. The maximum absolute atomic E-state index is 11.9.